The van der Waals surface area contributed by atoms with Crippen LogP contribution in [-0.2, 0) is 19.7 Å². The average Bonchev–Trinajstić information content (AvgIpc) is 2.28. The number of halogens is 5. The Morgan fingerprint density at radius 2 is 1.68 bits per heavy atom. The molecule has 0 saturated carbocycles. The van der Waals surface area contributed by atoms with Crippen LogP contribution in [0.25, 0.3) is 0 Å². The molecule has 0 heterocycles. The summed E-state index contributed by atoms with van der Waals surface area (Å²) in [5.41, 5.74) is 0.728. The first-order chi connectivity index (χ1) is 8.85. The van der Waals surface area contributed by atoms with Crippen molar-refractivity contribution in [3.05, 3.63) is 35.9 Å². The minimum atomic E-state index is -5.54. The number of rotatable bonds is 7. The van der Waals surface area contributed by atoms with E-state index in [1.54, 1.807) is 30.3 Å². The van der Waals surface area contributed by atoms with Gasteiger partial charge in [-0.1, -0.05) is 30.3 Å². The molecule has 0 spiro atoms. The zero-order chi connectivity index (χ0) is 14.4. The van der Waals surface area contributed by atoms with E-state index in [4.69, 9.17) is 0 Å². The maximum atomic E-state index is 13.5. The van der Waals surface area contributed by atoms with Crippen LogP contribution in [0.15, 0.2) is 30.3 Å². The molecule has 1 atom stereocenters. The standard InChI is InChI=1S/C10H11F5O3Si/c11-8-17-19(15,18-10(12,13)14)16-7-6-9-4-2-1-3-5-9/h1-5H,6-8H2. The fourth-order valence-electron chi connectivity index (χ4n) is 1.24. The molecule has 1 rings (SSSR count). The van der Waals surface area contributed by atoms with Gasteiger partial charge in [0.1, 0.15) is 0 Å². The molecule has 108 valence electrons. The van der Waals surface area contributed by atoms with E-state index in [9.17, 15) is 21.7 Å². The molecule has 1 aromatic rings. The van der Waals surface area contributed by atoms with Crippen LogP contribution in [0, 0.1) is 0 Å². The molecule has 0 fully saturated rings. The topological polar surface area (TPSA) is 27.7 Å². The molecule has 0 amide bonds. The molecule has 3 nitrogen and oxygen atoms in total. The van der Waals surface area contributed by atoms with Gasteiger partial charge in [0.25, 0.3) is 0 Å². The summed E-state index contributed by atoms with van der Waals surface area (Å²) in [5, 5.41) is 0. The highest BCUT2D eigenvalue weighted by Crippen LogP contribution is 2.25. The maximum Gasteiger partial charge on any atom is 0.728 e. The summed E-state index contributed by atoms with van der Waals surface area (Å²) in [7, 11) is -5.54. The highest BCUT2D eigenvalue weighted by Gasteiger charge is 2.54. The zero-order valence-electron chi connectivity index (χ0n) is 9.62. The number of hydrogen-bond donors (Lipinski definition) is 0. The van der Waals surface area contributed by atoms with E-state index in [2.05, 4.69) is 13.3 Å². The first-order valence-corrected chi connectivity index (χ1v) is 6.78. The number of hydrogen-bond acceptors (Lipinski definition) is 3. The van der Waals surface area contributed by atoms with Gasteiger partial charge < -0.3 is 8.85 Å². The van der Waals surface area contributed by atoms with Gasteiger partial charge in [-0.2, -0.15) is 0 Å². The second-order valence-corrected chi connectivity index (χ2v) is 5.11. The first kappa shape index (κ1) is 16.0. The van der Waals surface area contributed by atoms with Gasteiger partial charge in [-0.05, 0) is 12.0 Å². The van der Waals surface area contributed by atoms with Crippen molar-refractivity contribution in [1.82, 2.24) is 0 Å². The molecule has 1 aromatic carbocycles. The lowest BCUT2D eigenvalue weighted by molar-refractivity contribution is -0.304. The lowest BCUT2D eigenvalue weighted by Crippen LogP contribution is -2.46. The Labute approximate surface area is 107 Å². The Kier molecular flexibility index (Phi) is 5.85. The van der Waals surface area contributed by atoms with Crippen molar-refractivity contribution in [2.75, 3.05) is 13.5 Å². The molecule has 0 aliphatic rings. The van der Waals surface area contributed by atoms with Crippen molar-refractivity contribution < 1.29 is 34.9 Å². The molecule has 0 radical (unpaired) electrons. The van der Waals surface area contributed by atoms with Crippen molar-refractivity contribution in [3.63, 3.8) is 0 Å². The Morgan fingerprint density at radius 1 is 1.05 bits per heavy atom. The van der Waals surface area contributed by atoms with E-state index in [-0.39, 0.29) is 6.42 Å². The highest BCUT2D eigenvalue weighted by molar-refractivity contribution is 6.52. The normalized spacial score (nSPS) is 15.2. The lowest BCUT2D eigenvalue weighted by atomic mass is 10.2. The Morgan fingerprint density at radius 3 is 2.21 bits per heavy atom. The predicted octanol–water partition coefficient (Wildman–Crippen LogP) is 3.13. The lowest BCUT2D eigenvalue weighted by Gasteiger charge is -2.20. The molecule has 0 saturated heterocycles. The summed E-state index contributed by atoms with van der Waals surface area (Å²) in [5.74, 6) is 0. The third-order valence-corrected chi connectivity index (χ3v) is 3.45. The minimum absolute atomic E-state index is 0.149. The summed E-state index contributed by atoms with van der Waals surface area (Å²) in [6.07, 6.45) is -5.14. The van der Waals surface area contributed by atoms with Crippen molar-refractivity contribution in [3.8, 4) is 0 Å². The Hall–Kier alpha value is -1.03. The van der Waals surface area contributed by atoms with E-state index < -0.39 is 29.0 Å². The fourth-order valence-corrected chi connectivity index (χ4v) is 2.19. The molecule has 0 aliphatic heterocycles. The van der Waals surface area contributed by atoms with Crippen molar-refractivity contribution >= 4 is 9.14 Å². The second kappa shape index (κ2) is 6.94. The van der Waals surface area contributed by atoms with Crippen LogP contribution in [0.5, 0.6) is 0 Å². The molecular formula is C10H11F5O3Si. The molecule has 0 bridgehead atoms. The van der Waals surface area contributed by atoms with Gasteiger partial charge in [0, 0.05) is 6.61 Å². The van der Waals surface area contributed by atoms with Crippen molar-refractivity contribution in [2.24, 2.45) is 0 Å². The van der Waals surface area contributed by atoms with Crippen LogP contribution in [0.1, 0.15) is 5.56 Å². The minimum Gasteiger partial charge on any atom is -0.348 e. The summed E-state index contributed by atoms with van der Waals surface area (Å²) in [6.45, 7) is -2.17. The third kappa shape index (κ3) is 6.62. The summed E-state index contributed by atoms with van der Waals surface area (Å²) < 4.78 is 72.2. The first-order valence-electron chi connectivity index (χ1n) is 5.18. The number of alkyl halides is 4. The van der Waals surface area contributed by atoms with Gasteiger partial charge >= 0.3 is 15.5 Å². The van der Waals surface area contributed by atoms with Crippen LogP contribution < -0.4 is 0 Å². The molecule has 0 aromatic heterocycles. The molecule has 19 heavy (non-hydrogen) atoms. The summed E-state index contributed by atoms with van der Waals surface area (Å²) in [6, 6.07) is 8.54. The van der Waals surface area contributed by atoms with E-state index >= 15 is 0 Å². The van der Waals surface area contributed by atoms with Crippen LogP contribution in [0.4, 0.5) is 21.7 Å². The van der Waals surface area contributed by atoms with Crippen LogP contribution >= 0.6 is 0 Å². The van der Waals surface area contributed by atoms with Gasteiger partial charge in [-0.3, -0.25) is 4.43 Å². The summed E-state index contributed by atoms with van der Waals surface area (Å²) >= 11 is 0. The van der Waals surface area contributed by atoms with Gasteiger partial charge in [-0.25, -0.2) is 8.50 Å². The monoisotopic (exact) mass is 302 g/mol. The van der Waals surface area contributed by atoms with Crippen molar-refractivity contribution in [2.45, 2.75) is 12.8 Å². The SMILES string of the molecule is FCO[Si](F)(OCCc1ccccc1)OC(F)(F)F. The fraction of sp³-hybridized carbons (Fsp3) is 0.400. The Bertz CT molecular complexity index is 375. The molecule has 1 unspecified atom stereocenters. The van der Waals surface area contributed by atoms with E-state index in [0.29, 0.717) is 0 Å². The van der Waals surface area contributed by atoms with Gasteiger partial charge in [0.2, 0.25) is 0 Å². The third-order valence-electron chi connectivity index (χ3n) is 1.97. The van der Waals surface area contributed by atoms with Crippen molar-refractivity contribution in [1.29, 1.82) is 0 Å². The average molecular weight is 302 g/mol. The predicted molar refractivity (Wildman–Crippen MR) is 57.2 cm³/mol. The second-order valence-electron chi connectivity index (χ2n) is 3.37. The highest BCUT2D eigenvalue weighted by atomic mass is 28.4. The summed E-state index contributed by atoms with van der Waals surface area (Å²) in [4.78, 5) is 0. The smallest absolute Gasteiger partial charge is 0.348 e. The van der Waals surface area contributed by atoms with Crippen LogP contribution in [-0.4, -0.2) is 29.0 Å². The quantitative estimate of drug-likeness (QED) is 0.440. The van der Waals surface area contributed by atoms with Gasteiger partial charge in [0.15, 0.2) is 6.86 Å². The number of benzene rings is 1. The van der Waals surface area contributed by atoms with Crippen LogP contribution in [0.3, 0.4) is 0 Å². The Balaban J connectivity index is 2.49. The largest absolute Gasteiger partial charge is 0.728 e. The van der Waals surface area contributed by atoms with E-state index in [1.807, 2.05) is 0 Å². The molecule has 0 N–H and O–H groups in total. The molecule has 9 heteroatoms. The van der Waals surface area contributed by atoms with Gasteiger partial charge in [0.05, 0.1) is 0 Å². The molecular weight excluding hydrogens is 291 g/mol. The van der Waals surface area contributed by atoms with Crippen LogP contribution in [0.2, 0.25) is 0 Å². The van der Waals surface area contributed by atoms with E-state index in [0.717, 1.165) is 5.56 Å². The van der Waals surface area contributed by atoms with E-state index in [1.165, 1.54) is 0 Å². The maximum absolute atomic E-state index is 13.5. The molecule has 0 aliphatic carbocycles. The zero-order valence-corrected chi connectivity index (χ0v) is 10.6. The van der Waals surface area contributed by atoms with Gasteiger partial charge in [-0.15, -0.1) is 13.2 Å².